The summed E-state index contributed by atoms with van der Waals surface area (Å²) in [7, 11) is 1.50. The van der Waals surface area contributed by atoms with Gasteiger partial charge in [-0.1, -0.05) is 0 Å². The molecular formula is C10H15F3N4O2S. The zero-order chi connectivity index (χ0) is 15.0. The molecule has 1 aromatic heterocycles. The molecule has 0 spiro atoms. The lowest BCUT2D eigenvalue weighted by Gasteiger charge is -2.06. The number of nitrogens with zero attached hydrogens (tertiary/aromatic N) is 1. The summed E-state index contributed by atoms with van der Waals surface area (Å²) in [5, 5.41) is 5.34. The summed E-state index contributed by atoms with van der Waals surface area (Å²) in [6.45, 7) is 0.878. The zero-order valence-corrected chi connectivity index (χ0v) is 11.5. The first-order valence-corrected chi connectivity index (χ1v) is 6.73. The molecule has 20 heavy (non-hydrogen) atoms. The van der Waals surface area contributed by atoms with Crippen LogP contribution in [0.2, 0.25) is 0 Å². The summed E-state index contributed by atoms with van der Waals surface area (Å²) in [6, 6.07) is -0.300. The molecule has 1 aromatic rings. The molecule has 0 fully saturated rings. The van der Waals surface area contributed by atoms with E-state index in [4.69, 9.17) is 4.42 Å². The third kappa shape index (κ3) is 5.70. The van der Waals surface area contributed by atoms with Crippen molar-refractivity contribution in [3.63, 3.8) is 0 Å². The second-order valence-electron chi connectivity index (χ2n) is 3.65. The number of urea groups is 1. The molecule has 2 amide bonds. The van der Waals surface area contributed by atoms with Crippen LogP contribution >= 0.6 is 11.9 Å². The maximum atomic E-state index is 12.5. The van der Waals surface area contributed by atoms with E-state index in [1.54, 1.807) is 0 Å². The first-order valence-electron chi connectivity index (χ1n) is 5.75. The molecule has 0 bridgehead atoms. The Bertz CT molecular complexity index is 425. The molecular weight excluding hydrogens is 297 g/mol. The normalized spacial score (nSPS) is 11.4. The SMILES string of the molecule is CNC(=O)NSCCNCCc1ocnc1C(F)(F)F. The van der Waals surface area contributed by atoms with Crippen LogP contribution in [0.5, 0.6) is 0 Å². The maximum Gasteiger partial charge on any atom is 0.436 e. The minimum atomic E-state index is -4.49. The van der Waals surface area contributed by atoms with Crippen molar-refractivity contribution in [1.29, 1.82) is 0 Å². The number of carbonyl (C=O) groups is 1. The van der Waals surface area contributed by atoms with Gasteiger partial charge in [-0.25, -0.2) is 9.78 Å². The van der Waals surface area contributed by atoms with Crippen LogP contribution in [0.15, 0.2) is 10.8 Å². The molecule has 3 N–H and O–H groups in total. The number of hydrogen-bond acceptors (Lipinski definition) is 5. The second-order valence-corrected chi connectivity index (χ2v) is 4.55. The van der Waals surface area contributed by atoms with E-state index in [1.165, 1.54) is 19.0 Å². The van der Waals surface area contributed by atoms with Crippen molar-refractivity contribution in [2.45, 2.75) is 12.6 Å². The minimum absolute atomic E-state index is 0.0996. The smallest absolute Gasteiger partial charge is 0.436 e. The van der Waals surface area contributed by atoms with Crippen LogP contribution in [-0.4, -0.2) is 36.9 Å². The average Bonchev–Trinajstić information content (AvgIpc) is 2.85. The monoisotopic (exact) mass is 312 g/mol. The third-order valence-electron chi connectivity index (χ3n) is 2.21. The van der Waals surface area contributed by atoms with E-state index in [9.17, 15) is 18.0 Å². The number of rotatable bonds is 7. The number of nitrogens with one attached hydrogen (secondary N) is 3. The molecule has 0 saturated carbocycles. The quantitative estimate of drug-likeness (QED) is 0.524. The Morgan fingerprint density at radius 3 is 2.85 bits per heavy atom. The van der Waals surface area contributed by atoms with Gasteiger partial charge in [0.25, 0.3) is 0 Å². The van der Waals surface area contributed by atoms with E-state index in [2.05, 4.69) is 20.3 Å². The van der Waals surface area contributed by atoms with Crippen molar-refractivity contribution in [3.8, 4) is 0 Å². The van der Waals surface area contributed by atoms with Crippen LogP contribution in [0, 0.1) is 0 Å². The fourth-order valence-corrected chi connectivity index (χ4v) is 1.88. The molecule has 0 unspecified atom stereocenters. The first-order chi connectivity index (χ1) is 9.45. The molecule has 0 atom stereocenters. The fourth-order valence-electron chi connectivity index (χ4n) is 1.30. The molecule has 6 nitrogen and oxygen atoms in total. The van der Waals surface area contributed by atoms with Crippen LogP contribution < -0.4 is 15.4 Å². The number of halogens is 3. The third-order valence-corrected chi connectivity index (χ3v) is 2.95. The van der Waals surface area contributed by atoms with Crippen molar-refractivity contribution in [2.24, 2.45) is 0 Å². The van der Waals surface area contributed by atoms with E-state index >= 15 is 0 Å². The number of aromatic nitrogens is 1. The summed E-state index contributed by atoms with van der Waals surface area (Å²) in [6.07, 6.45) is -3.60. The fraction of sp³-hybridized carbons (Fsp3) is 0.600. The highest BCUT2D eigenvalue weighted by Gasteiger charge is 2.37. The zero-order valence-electron chi connectivity index (χ0n) is 10.7. The molecule has 1 heterocycles. The average molecular weight is 312 g/mol. The molecule has 0 radical (unpaired) electrons. The van der Waals surface area contributed by atoms with Gasteiger partial charge in [-0.15, -0.1) is 0 Å². The summed E-state index contributed by atoms with van der Waals surface area (Å²) in [4.78, 5) is 14.0. The van der Waals surface area contributed by atoms with E-state index in [0.717, 1.165) is 6.39 Å². The summed E-state index contributed by atoms with van der Waals surface area (Å²) >= 11 is 1.20. The second kappa shape index (κ2) is 8.00. The van der Waals surface area contributed by atoms with E-state index < -0.39 is 11.9 Å². The number of hydrogen-bond donors (Lipinski definition) is 3. The highest BCUT2D eigenvalue weighted by molar-refractivity contribution is 7.97. The number of oxazole rings is 1. The lowest BCUT2D eigenvalue weighted by atomic mass is 10.2. The molecule has 0 aromatic carbocycles. The largest absolute Gasteiger partial charge is 0.448 e. The Hall–Kier alpha value is -1.42. The Balaban J connectivity index is 2.16. The van der Waals surface area contributed by atoms with Crippen LogP contribution in [0.1, 0.15) is 11.5 Å². The van der Waals surface area contributed by atoms with Gasteiger partial charge in [0, 0.05) is 32.3 Å². The van der Waals surface area contributed by atoms with Crippen molar-refractivity contribution in [3.05, 3.63) is 17.8 Å². The van der Waals surface area contributed by atoms with Crippen LogP contribution in [-0.2, 0) is 12.6 Å². The lowest BCUT2D eigenvalue weighted by molar-refractivity contribution is -0.141. The highest BCUT2D eigenvalue weighted by atomic mass is 32.2. The van der Waals surface area contributed by atoms with Gasteiger partial charge in [-0.2, -0.15) is 13.2 Å². The number of carbonyl (C=O) groups excluding carboxylic acids is 1. The molecule has 0 aliphatic carbocycles. The maximum absolute atomic E-state index is 12.5. The molecule has 0 aliphatic rings. The Morgan fingerprint density at radius 1 is 1.45 bits per heavy atom. The standard InChI is InChI=1S/C10H15F3N4O2S/c1-14-9(18)17-20-5-4-15-3-2-7-8(10(11,12)13)16-6-19-7/h6,15H,2-5H2,1H3,(H2,14,17,18). The van der Waals surface area contributed by atoms with Gasteiger partial charge < -0.3 is 15.1 Å². The molecule has 0 aliphatic heterocycles. The highest BCUT2D eigenvalue weighted by Crippen LogP contribution is 2.30. The lowest BCUT2D eigenvalue weighted by Crippen LogP contribution is -2.29. The Labute approximate surface area is 118 Å². The van der Waals surface area contributed by atoms with E-state index in [-0.39, 0.29) is 18.2 Å². The minimum Gasteiger partial charge on any atom is -0.448 e. The van der Waals surface area contributed by atoms with E-state index in [1.807, 2.05) is 0 Å². The van der Waals surface area contributed by atoms with E-state index in [0.29, 0.717) is 18.8 Å². The predicted molar refractivity (Wildman–Crippen MR) is 68.1 cm³/mol. The van der Waals surface area contributed by atoms with Gasteiger partial charge in [-0.3, -0.25) is 4.72 Å². The van der Waals surface area contributed by atoms with Crippen LogP contribution in [0.25, 0.3) is 0 Å². The van der Waals surface area contributed by atoms with Crippen molar-refractivity contribution in [1.82, 2.24) is 20.3 Å². The van der Waals surface area contributed by atoms with Gasteiger partial charge in [0.15, 0.2) is 12.1 Å². The number of amides is 2. The van der Waals surface area contributed by atoms with Crippen LogP contribution in [0.4, 0.5) is 18.0 Å². The Kier molecular flexibility index (Phi) is 6.65. The molecule has 114 valence electrons. The van der Waals surface area contributed by atoms with Gasteiger partial charge in [0.2, 0.25) is 0 Å². The molecule has 10 heteroatoms. The van der Waals surface area contributed by atoms with Crippen molar-refractivity contribution < 1.29 is 22.4 Å². The van der Waals surface area contributed by atoms with Gasteiger partial charge in [0.1, 0.15) is 5.76 Å². The van der Waals surface area contributed by atoms with Gasteiger partial charge in [0.05, 0.1) is 0 Å². The molecule has 1 rings (SSSR count). The number of alkyl halides is 3. The van der Waals surface area contributed by atoms with Crippen molar-refractivity contribution in [2.75, 3.05) is 25.9 Å². The van der Waals surface area contributed by atoms with Crippen molar-refractivity contribution >= 4 is 18.0 Å². The summed E-state index contributed by atoms with van der Waals surface area (Å²) in [5.74, 6) is 0.414. The van der Waals surface area contributed by atoms with Gasteiger partial charge in [-0.05, 0) is 11.9 Å². The van der Waals surface area contributed by atoms with Crippen LogP contribution in [0.3, 0.4) is 0 Å². The molecule has 0 saturated heterocycles. The Morgan fingerprint density at radius 2 is 2.20 bits per heavy atom. The first kappa shape index (κ1) is 16.6. The summed E-state index contributed by atoms with van der Waals surface area (Å²) < 4.78 is 44.7. The predicted octanol–water partition coefficient (Wildman–Crippen LogP) is 1.40. The topological polar surface area (TPSA) is 79.2 Å². The van der Waals surface area contributed by atoms with Gasteiger partial charge >= 0.3 is 12.2 Å². The summed E-state index contributed by atoms with van der Waals surface area (Å²) in [5.41, 5.74) is -0.977.